The van der Waals surface area contributed by atoms with Crippen LogP contribution in [0.3, 0.4) is 0 Å². The molecule has 2 aromatic rings. The van der Waals surface area contributed by atoms with Crippen molar-refractivity contribution < 1.29 is 0 Å². The summed E-state index contributed by atoms with van der Waals surface area (Å²) < 4.78 is 1.40. The molecule has 0 spiro atoms. The molecule has 1 atom stereocenters. The van der Waals surface area contributed by atoms with E-state index in [1.165, 1.54) is 54.2 Å². The average Bonchev–Trinajstić information content (AvgIpc) is 2.86. The first kappa shape index (κ1) is 13.8. The summed E-state index contributed by atoms with van der Waals surface area (Å²) in [6, 6.07) is 9.16. The Morgan fingerprint density at radius 3 is 2.85 bits per heavy atom. The summed E-state index contributed by atoms with van der Waals surface area (Å²) in [6.45, 7) is 0. The van der Waals surface area contributed by atoms with Crippen LogP contribution in [-0.2, 0) is 0 Å². The molecule has 0 amide bonds. The van der Waals surface area contributed by atoms with Gasteiger partial charge in [0.15, 0.2) is 0 Å². The van der Waals surface area contributed by atoms with Crippen LogP contribution < -0.4 is 5.32 Å². The molecule has 1 N–H and O–H groups in total. The second-order valence-electron chi connectivity index (χ2n) is 5.64. The van der Waals surface area contributed by atoms with Crippen molar-refractivity contribution in [2.75, 3.05) is 7.05 Å². The van der Waals surface area contributed by atoms with Crippen LogP contribution in [0, 0.1) is 0 Å². The fourth-order valence-electron chi connectivity index (χ4n) is 3.24. The van der Waals surface area contributed by atoms with E-state index in [9.17, 15) is 0 Å². The van der Waals surface area contributed by atoms with E-state index in [1.807, 2.05) is 11.3 Å². The van der Waals surface area contributed by atoms with Crippen molar-refractivity contribution in [3.05, 3.63) is 46.9 Å². The summed E-state index contributed by atoms with van der Waals surface area (Å²) in [5.41, 5.74) is 3.05. The van der Waals surface area contributed by atoms with Crippen molar-refractivity contribution in [2.24, 2.45) is 0 Å². The Hall–Kier alpha value is -1.12. The Kier molecular flexibility index (Phi) is 4.54. The van der Waals surface area contributed by atoms with Gasteiger partial charge in [-0.2, -0.15) is 0 Å². The molecule has 1 heterocycles. The van der Waals surface area contributed by atoms with Gasteiger partial charge >= 0.3 is 0 Å². The topological polar surface area (TPSA) is 12.0 Å². The van der Waals surface area contributed by atoms with Crippen LogP contribution in [0.4, 0.5) is 0 Å². The molecule has 0 saturated carbocycles. The molecular weight excluding hydrogens is 262 g/mol. The van der Waals surface area contributed by atoms with Crippen LogP contribution in [0.1, 0.15) is 50.1 Å². The third kappa shape index (κ3) is 2.82. The van der Waals surface area contributed by atoms with Gasteiger partial charge in [-0.1, -0.05) is 42.7 Å². The number of hydrogen-bond donors (Lipinski definition) is 1. The van der Waals surface area contributed by atoms with Crippen molar-refractivity contribution in [3.63, 3.8) is 0 Å². The number of thiophene rings is 1. The quantitative estimate of drug-likeness (QED) is 0.740. The van der Waals surface area contributed by atoms with Crippen LogP contribution in [0.5, 0.6) is 0 Å². The third-order valence-electron chi connectivity index (χ3n) is 4.31. The molecule has 2 heteroatoms. The summed E-state index contributed by atoms with van der Waals surface area (Å²) in [6.07, 6.45) is 10.5. The summed E-state index contributed by atoms with van der Waals surface area (Å²) in [4.78, 5) is 0. The Bertz CT molecular complexity index is 596. The van der Waals surface area contributed by atoms with E-state index in [4.69, 9.17) is 0 Å². The lowest BCUT2D eigenvalue weighted by molar-refractivity contribution is 0.576. The minimum absolute atomic E-state index is 0.393. The van der Waals surface area contributed by atoms with Crippen molar-refractivity contribution in [1.82, 2.24) is 5.32 Å². The minimum Gasteiger partial charge on any atom is -0.310 e. The van der Waals surface area contributed by atoms with Crippen LogP contribution in [0.25, 0.3) is 10.1 Å². The maximum absolute atomic E-state index is 3.55. The molecule has 1 nitrogen and oxygen atoms in total. The summed E-state index contributed by atoms with van der Waals surface area (Å²) in [5.74, 6) is 0. The zero-order chi connectivity index (χ0) is 13.8. The molecule has 20 heavy (non-hydrogen) atoms. The molecule has 0 bridgehead atoms. The highest BCUT2D eigenvalue weighted by atomic mass is 32.1. The van der Waals surface area contributed by atoms with Gasteiger partial charge in [0.05, 0.1) is 6.04 Å². The van der Waals surface area contributed by atoms with Crippen molar-refractivity contribution in [1.29, 1.82) is 0 Å². The van der Waals surface area contributed by atoms with Gasteiger partial charge in [-0.25, -0.2) is 0 Å². The van der Waals surface area contributed by atoms with Gasteiger partial charge in [0.2, 0.25) is 0 Å². The maximum atomic E-state index is 3.55. The Labute approximate surface area is 125 Å². The van der Waals surface area contributed by atoms with Gasteiger partial charge in [0.25, 0.3) is 0 Å². The predicted molar refractivity (Wildman–Crippen MR) is 89.4 cm³/mol. The number of rotatable bonds is 3. The fraction of sp³-hybridized carbons (Fsp3) is 0.444. The lowest BCUT2D eigenvalue weighted by atomic mass is 9.91. The van der Waals surface area contributed by atoms with Crippen molar-refractivity contribution in [3.8, 4) is 0 Å². The van der Waals surface area contributed by atoms with E-state index < -0.39 is 0 Å². The highest BCUT2D eigenvalue weighted by Gasteiger charge is 2.18. The fourth-order valence-corrected chi connectivity index (χ4v) is 4.23. The number of fused-ring (bicyclic) bond motifs is 1. The Morgan fingerprint density at radius 1 is 1.10 bits per heavy atom. The zero-order valence-corrected chi connectivity index (χ0v) is 13.0. The van der Waals surface area contributed by atoms with E-state index in [0.29, 0.717) is 6.04 Å². The van der Waals surface area contributed by atoms with Gasteiger partial charge in [-0.3, -0.25) is 0 Å². The highest BCUT2D eigenvalue weighted by molar-refractivity contribution is 7.17. The number of hydrogen-bond acceptors (Lipinski definition) is 2. The van der Waals surface area contributed by atoms with Crippen molar-refractivity contribution >= 4 is 21.4 Å². The summed E-state index contributed by atoms with van der Waals surface area (Å²) in [7, 11) is 2.09. The summed E-state index contributed by atoms with van der Waals surface area (Å²) in [5, 5.41) is 7.31. The maximum Gasteiger partial charge on any atom is 0.0548 e. The first-order chi connectivity index (χ1) is 9.90. The van der Waals surface area contributed by atoms with Gasteiger partial charge in [-0.15, -0.1) is 11.3 Å². The lowest BCUT2D eigenvalue weighted by Gasteiger charge is -2.22. The second-order valence-corrected chi connectivity index (χ2v) is 6.55. The Morgan fingerprint density at radius 2 is 1.95 bits per heavy atom. The molecule has 1 aliphatic rings. The molecule has 1 aromatic heterocycles. The van der Waals surface area contributed by atoms with Gasteiger partial charge in [0, 0.05) is 4.70 Å². The van der Waals surface area contributed by atoms with Gasteiger partial charge < -0.3 is 5.32 Å². The summed E-state index contributed by atoms with van der Waals surface area (Å²) >= 11 is 1.86. The molecule has 1 unspecified atom stereocenters. The molecular formula is C18H23NS. The van der Waals surface area contributed by atoms with E-state index >= 15 is 0 Å². The number of benzene rings is 1. The minimum atomic E-state index is 0.393. The van der Waals surface area contributed by atoms with E-state index in [-0.39, 0.29) is 0 Å². The SMILES string of the molecule is CNC(/C1=C/CCCCCC1)c1csc2ccccc12. The second kappa shape index (κ2) is 6.55. The van der Waals surface area contributed by atoms with Crippen LogP contribution in [-0.4, -0.2) is 7.05 Å². The molecule has 1 aliphatic carbocycles. The molecule has 3 rings (SSSR count). The van der Waals surface area contributed by atoms with E-state index in [1.54, 1.807) is 5.57 Å². The molecule has 1 aromatic carbocycles. The largest absolute Gasteiger partial charge is 0.310 e. The van der Waals surface area contributed by atoms with E-state index in [0.717, 1.165) is 0 Å². The molecule has 0 saturated heterocycles. The molecule has 0 fully saturated rings. The number of likely N-dealkylation sites (N-methyl/N-ethyl adjacent to an activating group) is 1. The first-order valence-corrected chi connectivity index (χ1v) is 8.60. The van der Waals surface area contributed by atoms with Crippen LogP contribution in [0.2, 0.25) is 0 Å². The standard InChI is InChI=1S/C18H23NS/c1-19-18(14-9-5-3-2-4-6-10-14)16-13-20-17-12-8-7-11-15(16)17/h7-9,11-13,18-19H,2-6,10H2,1H3/b14-9+. The molecule has 0 radical (unpaired) electrons. The van der Waals surface area contributed by atoms with Gasteiger partial charge in [0.1, 0.15) is 0 Å². The average molecular weight is 285 g/mol. The predicted octanol–water partition coefficient (Wildman–Crippen LogP) is 5.44. The van der Waals surface area contributed by atoms with Crippen LogP contribution >= 0.6 is 11.3 Å². The monoisotopic (exact) mass is 285 g/mol. The highest BCUT2D eigenvalue weighted by Crippen LogP contribution is 2.35. The Balaban J connectivity index is 1.96. The van der Waals surface area contributed by atoms with Crippen molar-refractivity contribution in [2.45, 2.75) is 44.6 Å². The lowest BCUT2D eigenvalue weighted by Crippen LogP contribution is -2.19. The van der Waals surface area contributed by atoms with Gasteiger partial charge in [-0.05, 0) is 55.1 Å². The van der Waals surface area contributed by atoms with Crippen LogP contribution in [0.15, 0.2) is 41.3 Å². The van der Waals surface area contributed by atoms with E-state index in [2.05, 4.69) is 48.1 Å². The smallest absolute Gasteiger partial charge is 0.0548 e. The molecule has 106 valence electrons. The normalized spacial score (nSPS) is 20.9. The molecule has 0 aliphatic heterocycles. The first-order valence-electron chi connectivity index (χ1n) is 7.72. The number of allylic oxidation sites excluding steroid dienone is 1. The zero-order valence-electron chi connectivity index (χ0n) is 12.2. The third-order valence-corrected chi connectivity index (χ3v) is 5.29. The number of nitrogens with one attached hydrogen (secondary N) is 1.